The van der Waals surface area contributed by atoms with Crippen molar-refractivity contribution >= 4 is 27.7 Å². The molecule has 4 heteroatoms. The van der Waals surface area contributed by atoms with E-state index in [1.807, 2.05) is 24.4 Å². The second-order valence-electron chi connectivity index (χ2n) is 4.39. The molecule has 0 aliphatic rings. The van der Waals surface area contributed by atoms with E-state index < -0.39 is 0 Å². The fourth-order valence-electron chi connectivity index (χ4n) is 1.75. The van der Waals surface area contributed by atoms with Gasteiger partial charge in [0.1, 0.15) is 5.03 Å². The number of nitrogens with zero attached hydrogens (tertiary/aromatic N) is 1. The molecule has 19 heavy (non-hydrogen) atoms. The molecule has 1 unspecified atom stereocenters. The van der Waals surface area contributed by atoms with Gasteiger partial charge in [-0.1, -0.05) is 40.7 Å². The Kier molecular flexibility index (Phi) is 5.43. The summed E-state index contributed by atoms with van der Waals surface area (Å²) < 4.78 is 1.09. The van der Waals surface area contributed by atoms with Gasteiger partial charge in [0.2, 0.25) is 0 Å². The van der Waals surface area contributed by atoms with E-state index in [0.29, 0.717) is 0 Å². The van der Waals surface area contributed by atoms with Gasteiger partial charge >= 0.3 is 0 Å². The zero-order chi connectivity index (χ0) is 13.7. The Balaban J connectivity index is 2.24. The molecule has 2 aromatic rings. The van der Waals surface area contributed by atoms with Crippen molar-refractivity contribution in [3.63, 3.8) is 0 Å². The summed E-state index contributed by atoms with van der Waals surface area (Å²) in [5.41, 5.74) is 7.35. The first-order chi connectivity index (χ1) is 9.19. The largest absolute Gasteiger partial charge is 0.327 e. The van der Waals surface area contributed by atoms with Crippen molar-refractivity contribution in [2.75, 3.05) is 0 Å². The minimum atomic E-state index is 0.206. The van der Waals surface area contributed by atoms with Gasteiger partial charge in [0.15, 0.2) is 0 Å². The van der Waals surface area contributed by atoms with E-state index in [4.69, 9.17) is 5.73 Å². The maximum atomic E-state index is 6.08. The number of hydrogen-bond donors (Lipinski definition) is 1. The van der Waals surface area contributed by atoms with Gasteiger partial charge in [-0.2, -0.15) is 0 Å². The molecule has 0 bridgehead atoms. The van der Waals surface area contributed by atoms with Gasteiger partial charge < -0.3 is 5.73 Å². The standard InChI is InChI=1S/C15H17BrN2S/c1-2-13(17)10-11-9-12(16)6-7-14(11)19-15-5-3-4-8-18-15/h3-9,13H,2,10,17H2,1H3. The van der Waals surface area contributed by atoms with Gasteiger partial charge in [0.25, 0.3) is 0 Å². The van der Waals surface area contributed by atoms with E-state index in [1.54, 1.807) is 11.8 Å². The molecule has 1 heterocycles. The summed E-state index contributed by atoms with van der Waals surface area (Å²) in [6.07, 6.45) is 3.70. The molecule has 1 atom stereocenters. The third-order valence-electron chi connectivity index (χ3n) is 2.88. The molecule has 2 N–H and O–H groups in total. The summed E-state index contributed by atoms with van der Waals surface area (Å²) in [5.74, 6) is 0. The number of pyridine rings is 1. The molecular formula is C15H17BrN2S. The van der Waals surface area contributed by atoms with Crippen LogP contribution in [-0.4, -0.2) is 11.0 Å². The number of rotatable bonds is 5. The molecule has 0 saturated carbocycles. The maximum absolute atomic E-state index is 6.08. The van der Waals surface area contributed by atoms with Crippen LogP contribution in [0.4, 0.5) is 0 Å². The van der Waals surface area contributed by atoms with E-state index in [9.17, 15) is 0 Å². The topological polar surface area (TPSA) is 38.9 Å². The zero-order valence-electron chi connectivity index (χ0n) is 10.8. The predicted octanol–water partition coefficient (Wildman–Crippen LogP) is 4.28. The first kappa shape index (κ1) is 14.6. The average molecular weight is 337 g/mol. The molecule has 1 aromatic carbocycles. The molecule has 0 aliphatic heterocycles. The Labute approximate surface area is 126 Å². The molecule has 0 aliphatic carbocycles. The van der Waals surface area contributed by atoms with E-state index in [1.165, 1.54) is 10.5 Å². The Morgan fingerprint density at radius 3 is 2.84 bits per heavy atom. The van der Waals surface area contributed by atoms with Crippen LogP contribution in [0, 0.1) is 0 Å². The average Bonchev–Trinajstić information content (AvgIpc) is 2.43. The molecule has 0 radical (unpaired) electrons. The number of hydrogen-bond acceptors (Lipinski definition) is 3. The molecular weight excluding hydrogens is 320 g/mol. The number of halogens is 1. The second-order valence-corrected chi connectivity index (χ2v) is 6.37. The van der Waals surface area contributed by atoms with Gasteiger partial charge in [-0.05, 0) is 48.7 Å². The summed E-state index contributed by atoms with van der Waals surface area (Å²) in [7, 11) is 0. The Morgan fingerprint density at radius 2 is 2.16 bits per heavy atom. The summed E-state index contributed by atoms with van der Waals surface area (Å²) in [6, 6.07) is 12.5. The fraction of sp³-hybridized carbons (Fsp3) is 0.267. The van der Waals surface area contributed by atoms with Crippen molar-refractivity contribution in [3.05, 3.63) is 52.6 Å². The van der Waals surface area contributed by atoms with E-state index in [0.717, 1.165) is 22.3 Å². The minimum absolute atomic E-state index is 0.206. The molecule has 0 fully saturated rings. The highest BCUT2D eigenvalue weighted by Crippen LogP contribution is 2.31. The van der Waals surface area contributed by atoms with Crippen LogP contribution in [0.5, 0.6) is 0 Å². The van der Waals surface area contributed by atoms with Crippen molar-refractivity contribution < 1.29 is 0 Å². The highest BCUT2D eigenvalue weighted by molar-refractivity contribution is 9.10. The van der Waals surface area contributed by atoms with Crippen LogP contribution in [0.25, 0.3) is 0 Å². The van der Waals surface area contributed by atoms with E-state index in [-0.39, 0.29) is 6.04 Å². The van der Waals surface area contributed by atoms with Crippen LogP contribution in [-0.2, 0) is 6.42 Å². The number of aromatic nitrogens is 1. The third-order valence-corrected chi connectivity index (χ3v) is 4.44. The van der Waals surface area contributed by atoms with Gasteiger partial charge in [-0.25, -0.2) is 4.98 Å². The monoisotopic (exact) mass is 336 g/mol. The quantitative estimate of drug-likeness (QED) is 0.885. The van der Waals surface area contributed by atoms with E-state index in [2.05, 4.69) is 46.0 Å². The summed E-state index contributed by atoms with van der Waals surface area (Å²) >= 11 is 5.22. The minimum Gasteiger partial charge on any atom is -0.327 e. The molecule has 0 saturated heterocycles. The van der Waals surface area contributed by atoms with Crippen LogP contribution >= 0.6 is 27.7 Å². The first-order valence-electron chi connectivity index (χ1n) is 6.32. The summed E-state index contributed by atoms with van der Waals surface area (Å²) in [4.78, 5) is 5.58. The van der Waals surface area contributed by atoms with Gasteiger partial charge in [0, 0.05) is 21.6 Å². The lowest BCUT2D eigenvalue weighted by molar-refractivity contribution is 0.641. The van der Waals surface area contributed by atoms with E-state index >= 15 is 0 Å². The van der Waals surface area contributed by atoms with Crippen LogP contribution in [0.3, 0.4) is 0 Å². The Hall–Kier alpha value is -0.840. The Morgan fingerprint density at radius 1 is 1.32 bits per heavy atom. The normalized spacial score (nSPS) is 12.4. The smallest absolute Gasteiger partial charge is 0.101 e. The second kappa shape index (κ2) is 7.08. The summed E-state index contributed by atoms with van der Waals surface area (Å²) in [5, 5.41) is 1.01. The Bertz CT molecular complexity index is 531. The van der Waals surface area contributed by atoms with Crippen molar-refractivity contribution in [2.45, 2.75) is 35.7 Å². The van der Waals surface area contributed by atoms with Crippen LogP contribution in [0.1, 0.15) is 18.9 Å². The van der Waals surface area contributed by atoms with Crippen molar-refractivity contribution in [3.8, 4) is 0 Å². The molecule has 2 rings (SSSR count). The molecule has 2 nitrogen and oxygen atoms in total. The van der Waals surface area contributed by atoms with Gasteiger partial charge in [-0.15, -0.1) is 0 Å². The first-order valence-corrected chi connectivity index (χ1v) is 7.93. The summed E-state index contributed by atoms with van der Waals surface area (Å²) in [6.45, 7) is 2.12. The van der Waals surface area contributed by atoms with Crippen molar-refractivity contribution in [2.24, 2.45) is 5.73 Å². The highest BCUT2D eigenvalue weighted by Gasteiger charge is 2.09. The van der Waals surface area contributed by atoms with Crippen molar-refractivity contribution in [1.29, 1.82) is 0 Å². The lowest BCUT2D eigenvalue weighted by Gasteiger charge is -2.13. The van der Waals surface area contributed by atoms with Gasteiger partial charge in [0.05, 0.1) is 0 Å². The molecule has 0 spiro atoms. The molecule has 0 amide bonds. The number of nitrogens with two attached hydrogens (primary N) is 1. The number of benzene rings is 1. The SMILES string of the molecule is CCC(N)Cc1cc(Br)ccc1Sc1ccccn1. The fourth-order valence-corrected chi connectivity index (χ4v) is 3.06. The predicted molar refractivity (Wildman–Crippen MR) is 84.5 cm³/mol. The van der Waals surface area contributed by atoms with Crippen LogP contribution in [0.15, 0.2) is 57.0 Å². The molecule has 1 aromatic heterocycles. The highest BCUT2D eigenvalue weighted by atomic mass is 79.9. The van der Waals surface area contributed by atoms with Crippen LogP contribution in [0.2, 0.25) is 0 Å². The third kappa shape index (κ3) is 4.34. The molecule has 100 valence electrons. The zero-order valence-corrected chi connectivity index (χ0v) is 13.2. The van der Waals surface area contributed by atoms with Crippen molar-refractivity contribution in [1.82, 2.24) is 4.98 Å². The van der Waals surface area contributed by atoms with Crippen LogP contribution < -0.4 is 5.73 Å². The lowest BCUT2D eigenvalue weighted by atomic mass is 10.1. The van der Waals surface area contributed by atoms with Gasteiger partial charge in [-0.3, -0.25) is 0 Å². The maximum Gasteiger partial charge on any atom is 0.101 e. The lowest BCUT2D eigenvalue weighted by Crippen LogP contribution is -2.21.